The van der Waals surface area contributed by atoms with Gasteiger partial charge in [0.05, 0.1) is 22.9 Å². The lowest BCUT2D eigenvalue weighted by Crippen LogP contribution is -2.39. The van der Waals surface area contributed by atoms with Crippen LogP contribution in [-0.4, -0.2) is 39.3 Å². The molecule has 2 amide bonds. The van der Waals surface area contributed by atoms with Gasteiger partial charge in [0.25, 0.3) is 0 Å². The van der Waals surface area contributed by atoms with E-state index in [0.29, 0.717) is 6.54 Å². The number of thiazole rings is 1. The minimum absolute atomic E-state index is 0.0231. The van der Waals surface area contributed by atoms with E-state index in [9.17, 15) is 4.79 Å². The van der Waals surface area contributed by atoms with Crippen molar-refractivity contribution in [2.24, 2.45) is 0 Å². The molecule has 2 aromatic heterocycles. The zero-order valence-corrected chi connectivity index (χ0v) is 15.3. The minimum atomic E-state index is -0.0559. The highest BCUT2D eigenvalue weighted by molar-refractivity contribution is 7.11. The number of rotatable bonds is 6. The van der Waals surface area contributed by atoms with Crippen molar-refractivity contribution >= 4 is 17.4 Å². The van der Waals surface area contributed by atoms with Gasteiger partial charge in [-0.25, -0.2) is 9.78 Å². The van der Waals surface area contributed by atoms with Gasteiger partial charge in [-0.3, -0.25) is 4.68 Å². The van der Waals surface area contributed by atoms with Gasteiger partial charge in [-0.15, -0.1) is 11.3 Å². The van der Waals surface area contributed by atoms with Crippen molar-refractivity contribution in [2.45, 2.75) is 46.7 Å². The molecule has 0 aromatic carbocycles. The fourth-order valence-corrected chi connectivity index (χ4v) is 3.46. The van der Waals surface area contributed by atoms with Crippen molar-refractivity contribution in [3.63, 3.8) is 0 Å². The van der Waals surface area contributed by atoms with E-state index in [-0.39, 0.29) is 12.1 Å². The van der Waals surface area contributed by atoms with Crippen LogP contribution >= 0.6 is 11.3 Å². The summed E-state index contributed by atoms with van der Waals surface area (Å²) >= 11 is 1.65. The summed E-state index contributed by atoms with van der Waals surface area (Å²) in [7, 11) is 1.82. The maximum absolute atomic E-state index is 12.3. The summed E-state index contributed by atoms with van der Waals surface area (Å²) < 4.78 is 1.90. The number of aromatic nitrogens is 3. The Morgan fingerprint density at radius 1 is 1.43 bits per heavy atom. The first-order valence-corrected chi connectivity index (χ1v) is 8.63. The smallest absolute Gasteiger partial charge is 0.317 e. The van der Waals surface area contributed by atoms with Gasteiger partial charge < -0.3 is 10.2 Å². The Morgan fingerprint density at radius 2 is 2.17 bits per heavy atom. The number of urea groups is 1. The standard InChI is InChI=1S/C16H25N5OS/c1-11-9-18-21(10-11)8-6-7-17-16(22)20(5)13(3)15-12(2)19-14(4)23-15/h9-10,13H,6-8H2,1-5H3,(H,17,22)/t13-/m1/s1. The monoisotopic (exact) mass is 335 g/mol. The van der Waals surface area contributed by atoms with E-state index in [0.717, 1.165) is 34.1 Å². The van der Waals surface area contributed by atoms with Crippen molar-refractivity contribution in [3.8, 4) is 0 Å². The highest BCUT2D eigenvalue weighted by Crippen LogP contribution is 2.28. The summed E-state index contributed by atoms with van der Waals surface area (Å²) in [6, 6.07) is -0.0328. The molecule has 0 aliphatic rings. The Balaban J connectivity index is 1.79. The average molecular weight is 335 g/mol. The topological polar surface area (TPSA) is 63.1 Å². The molecule has 2 heterocycles. The van der Waals surface area contributed by atoms with Crippen molar-refractivity contribution in [3.05, 3.63) is 33.5 Å². The van der Waals surface area contributed by atoms with E-state index in [1.54, 1.807) is 16.2 Å². The lowest BCUT2D eigenvalue weighted by atomic mass is 10.2. The summed E-state index contributed by atoms with van der Waals surface area (Å²) in [5, 5.41) is 8.24. The molecule has 6 nitrogen and oxygen atoms in total. The minimum Gasteiger partial charge on any atom is -0.338 e. The first-order chi connectivity index (χ1) is 10.9. The van der Waals surface area contributed by atoms with E-state index < -0.39 is 0 Å². The van der Waals surface area contributed by atoms with Crippen molar-refractivity contribution in [2.75, 3.05) is 13.6 Å². The third kappa shape index (κ3) is 4.54. The van der Waals surface area contributed by atoms with Crippen molar-refractivity contribution in [1.82, 2.24) is 25.0 Å². The lowest BCUT2D eigenvalue weighted by Gasteiger charge is -2.24. The Bertz CT molecular complexity index is 663. The van der Waals surface area contributed by atoms with Crippen molar-refractivity contribution < 1.29 is 4.79 Å². The fourth-order valence-electron chi connectivity index (χ4n) is 2.44. The quantitative estimate of drug-likeness (QED) is 0.825. The predicted octanol–water partition coefficient (Wildman–Crippen LogP) is 3.06. The second-order valence-electron chi connectivity index (χ2n) is 5.84. The van der Waals surface area contributed by atoms with Gasteiger partial charge in [-0.05, 0) is 39.7 Å². The molecule has 1 atom stereocenters. The van der Waals surface area contributed by atoms with E-state index >= 15 is 0 Å². The summed E-state index contributed by atoms with van der Waals surface area (Å²) in [6.07, 6.45) is 4.70. The fraction of sp³-hybridized carbons (Fsp3) is 0.562. The van der Waals surface area contributed by atoms with Crippen LogP contribution < -0.4 is 5.32 Å². The molecule has 0 fully saturated rings. The number of carbonyl (C=O) groups excluding carboxylic acids is 1. The molecule has 126 valence electrons. The van der Waals surface area contributed by atoms with Crippen molar-refractivity contribution in [1.29, 1.82) is 0 Å². The van der Waals surface area contributed by atoms with Crippen LogP contribution in [0.3, 0.4) is 0 Å². The molecule has 0 saturated carbocycles. The average Bonchev–Trinajstić information content (AvgIpc) is 3.07. The lowest BCUT2D eigenvalue weighted by molar-refractivity contribution is 0.194. The molecule has 0 aliphatic heterocycles. The number of aryl methyl sites for hydroxylation is 4. The summed E-state index contributed by atoms with van der Waals surface area (Å²) in [5.74, 6) is 0. The van der Waals surface area contributed by atoms with Gasteiger partial charge in [-0.1, -0.05) is 0 Å². The summed E-state index contributed by atoms with van der Waals surface area (Å²) in [5.41, 5.74) is 2.16. The third-order valence-corrected chi connectivity index (χ3v) is 5.07. The highest BCUT2D eigenvalue weighted by atomic mass is 32.1. The van der Waals surface area contributed by atoms with Crippen LogP contribution in [0.2, 0.25) is 0 Å². The molecule has 2 aromatic rings. The van der Waals surface area contributed by atoms with E-state index in [1.807, 2.05) is 51.8 Å². The number of hydrogen-bond donors (Lipinski definition) is 1. The molecule has 2 rings (SSSR count). The number of nitrogens with zero attached hydrogens (tertiary/aromatic N) is 4. The Hall–Kier alpha value is -1.89. The van der Waals surface area contributed by atoms with Gasteiger partial charge >= 0.3 is 6.03 Å². The molecule has 0 unspecified atom stereocenters. The Morgan fingerprint density at radius 3 is 2.74 bits per heavy atom. The van der Waals surface area contributed by atoms with Crippen LogP contribution in [0, 0.1) is 20.8 Å². The first-order valence-electron chi connectivity index (χ1n) is 7.82. The molecule has 0 spiro atoms. The molecular formula is C16H25N5OS. The van der Waals surface area contributed by atoms with Crippen LogP contribution in [0.15, 0.2) is 12.4 Å². The van der Waals surface area contributed by atoms with E-state index in [2.05, 4.69) is 15.4 Å². The molecule has 0 bridgehead atoms. The maximum atomic E-state index is 12.3. The van der Waals surface area contributed by atoms with Crippen LogP contribution in [0.4, 0.5) is 4.79 Å². The third-order valence-electron chi connectivity index (χ3n) is 3.82. The van der Waals surface area contributed by atoms with Gasteiger partial charge in [0.15, 0.2) is 0 Å². The van der Waals surface area contributed by atoms with Gasteiger partial charge in [0.1, 0.15) is 0 Å². The highest BCUT2D eigenvalue weighted by Gasteiger charge is 2.21. The molecule has 0 saturated heterocycles. The number of carbonyl (C=O) groups is 1. The summed E-state index contributed by atoms with van der Waals surface area (Å²) in [4.78, 5) is 19.6. The van der Waals surface area contributed by atoms with E-state index in [1.165, 1.54) is 0 Å². The molecule has 1 N–H and O–H groups in total. The number of nitrogens with one attached hydrogen (secondary N) is 1. The predicted molar refractivity (Wildman–Crippen MR) is 92.7 cm³/mol. The zero-order chi connectivity index (χ0) is 17.0. The normalized spacial score (nSPS) is 12.2. The van der Waals surface area contributed by atoms with Crippen LogP contribution in [0.1, 0.15) is 40.5 Å². The molecular weight excluding hydrogens is 310 g/mol. The summed E-state index contributed by atoms with van der Waals surface area (Å²) in [6.45, 7) is 9.48. The Labute approximate surface area is 141 Å². The molecule has 0 radical (unpaired) electrons. The SMILES string of the molecule is Cc1cnn(CCCNC(=O)N(C)[C@H](C)c2sc(C)nc2C)c1. The molecule has 23 heavy (non-hydrogen) atoms. The molecule has 7 heteroatoms. The van der Waals surface area contributed by atoms with E-state index in [4.69, 9.17) is 0 Å². The van der Waals surface area contributed by atoms with Gasteiger partial charge in [0, 0.05) is 31.2 Å². The largest absolute Gasteiger partial charge is 0.338 e. The maximum Gasteiger partial charge on any atom is 0.317 e. The van der Waals surface area contributed by atoms with Crippen LogP contribution in [0.25, 0.3) is 0 Å². The Kier molecular flexibility index (Phi) is 5.76. The first kappa shape index (κ1) is 17.5. The second kappa shape index (κ2) is 7.59. The molecule has 0 aliphatic carbocycles. The number of hydrogen-bond acceptors (Lipinski definition) is 4. The van der Waals surface area contributed by atoms with Gasteiger partial charge in [-0.2, -0.15) is 5.10 Å². The number of amides is 2. The van der Waals surface area contributed by atoms with Crippen LogP contribution in [-0.2, 0) is 6.54 Å². The zero-order valence-electron chi connectivity index (χ0n) is 14.5. The second-order valence-corrected chi connectivity index (χ2v) is 7.07. The van der Waals surface area contributed by atoms with Gasteiger partial charge in [0.2, 0.25) is 0 Å². The van der Waals surface area contributed by atoms with Crippen LogP contribution in [0.5, 0.6) is 0 Å².